The zero-order chi connectivity index (χ0) is 13.9. The monoisotopic (exact) mass is 268 g/mol. The molecule has 2 rings (SSSR count). The van der Waals surface area contributed by atoms with Gasteiger partial charge in [-0.05, 0) is 57.5 Å². The first-order valence-corrected chi connectivity index (χ1v) is 7.73. The highest BCUT2D eigenvalue weighted by atomic mass is 16.4. The molecule has 19 heavy (non-hydrogen) atoms. The molecular formula is C15H28N2O2. The third-order valence-corrected chi connectivity index (χ3v) is 5.17. The van der Waals surface area contributed by atoms with Crippen LogP contribution >= 0.6 is 0 Å². The molecule has 2 saturated carbocycles. The highest BCUT2D eigenvalue weighted by molar-refractivity contribution is 5.79. The predicted octanol–water partition coefficient (Wildman–Crippen LogP) is 2.08. The van der Waals surface area contributed by atoms with E-state index in [0.29, 0.717) is 6.42 Å². The van der Waals surface area contributed by atoms with Crippen LogP contribution in [0.4, 0.5) is 0 Å². The normalized spacial score (nSPS) is 32.3. The lowest BCUT2D eigenvalue weighted by atomic mass is 9.85. The van der Waals surface area contributed by atoms with E-state index in [-0.39, 0.29) is 5.92 Å². The van der Waals surface area contributed by atoms with Crippen LogP contribution in [0.3, 0.4) is 0 Å². The number of nitrogens with zero attached hydrogens (tertiary/aromatic N) is 1. The molecule has 0 aromatic carbocycles. The lowest BCUT2D eigenvalue weighted by Crippen LogP contribution is -2.51. The molecule has 0 heterocycles. The minimum Gasteiger partial charge on any atom is -0.480 e. The molecule has 2 atom stereocenters. The number of hydrogen-bond acceptors (Lipinski definition) is 3. The number of carbonyl (C=O) groups is 1. The van der Waals surface area contributed by atoms with Crippen LogP contribution in [0, 0.1) is 11.8 Å². The summed E-state index contributed by atoms with van der Waals surface area (Å²) in [5.74, 6) is 0.195. The van der Waals surface area contributed by atoms with Crippen molar-refractivity contribution in [1.29, 1.82) is 0 Å². The van der Waals surface area contributed by atoms with Crippen LogP contribution in [0.1, 0.15) is 51.4 Å². The van der Waals surface area contributed by atoms with Gasteiger partial charge in [0.1, 0.15) is 5.54 Å². The van der Waals surface area contributed by atoms with E-state index in [2.05, 4.69) is 11.9 Å². The van der Waals surface area contributed by atoms with Crippen LogP contribution in [0.2, 0.25) is 0 Å². The highest BCUT2D eigenvalue weighted by Gasteiger charge is 2.45. The fourth-order valence-corrected chi connectivity index (χ4v) is 3.89. The quantitative estimate of drug-likeness (QED) is 0.774. The number of carboxylic acids is 1. The van der Waals surface area contributed by atoms with Gasteiger partial charge in [-0.2, -0.15) is 0 Å². The minimum absolute atomic E-state index is 0.149. The molecule has 0 aromatic heterocycles. The van der Waals surface area contributed by atoms with Crippen molar-refractivity contribution in [3.63, 3.8) is 0 Å². The van der Waals surface area contributed by atoms with Crippen molar-refractivity contribution in [2.45, 2.75) is 56.9 Å². The maximum atomic E-state index is 11.3. The van der Waals surface area contributed by atoms with E-state index in [4.69, 9.17) is 5.73 Å². The third kappa shape index (κ3) is 3.48. The molecule has 3 N–H and O–H groups in total. The van der Waals surface area contributed by atoms with Crippen molar-refractivity contribution in [3.05, 3.63) is 0 Å². The highest BCUT2D eigenvalue weighted by Crippen LogP contribution is 2.36. The van der Waals surface area contributed by atoms with Crippen LogP contribution < -0.4 is 5.73 Å². The second kappa shape index (κ2) is 6.23. The zero-order valence-corrected chi connectivity index (χ0v) is 12.1. The van der Waals surface area contributed by atoms with E-state index in [1.165, 1.54) is 25.7 Å². The average molecular weight is 268 g/mol. The van der Waals surface area contributed by atoms with Gasteiger partial charge in [0, 0.05) is 6.54 Å². The molecule has 0 radical (unpaired) electrons. The molecular weight excluding hydrogens is 240 g/mol. The van der Waals surface area contributed by atoms with Crippen molar-refractivity contribution in [3.8, 4) is 0 Å². The Labute approximate surface area is 116 Å². The Kier molecular flexibility index (Phi) is 4.85. The predicted molar refractivity (Wildman–Crippen MR) is 76.0 cm³/mol. The van der Waals surface area contributed by atoms with E-state index in [1.54, 1.807) is 0 Å². The second-order valence-corrected chi connectivity index (χ2v) is 6.64. The van der Waals surface area contributed by atoms with Crippen LogP contribution in [-0.2, 0) is 4.79 Å². The molecule has 4 nitrogen and oxygen atoms in total. The Morgan fingerprint density at radius 2 is 2.00 bits per heavy atom. The Morgan fingerprint density at radius 1 is 1.32 bits per heavy atom. The minimum atomic E-state index is -0.964. The lowest BCUT2D eigenvalue weighted by molar-refractivity contribution is -0.144. The summed E-state index contributed by atoms with van der Waals surface area (Å²) in [5.41, 5.74) is 5.11. The Balaban J connectivity index is 1.76. The maximum Gasteiger partial charge on any atom is 0.323 e. The van der Waals surface area contributed by atoms with E-state index < -0.39 is 11.5 Å². The summed E-state index contributed by atoms with van der Waals surface area (Å²) < 4.78 is 0. The summed E-state index contributed by atoms with van der Waals surface area (Å²) in [5, 5.41) is 9.30. The topological polar surface area (TPSA) is 66.6 Å². The maximum absolute atomic E-state index is 11.3. The summed E-state index contributed by atoms with van der Waals surface area (Å²) in [4.78, 5) is 13.7. The first-order valence-electron chi connectivity index (χ1n) is 7.73. The number of rotatable bonds is 6. The van der Waals surface area contributed by atoms with Crippen molar-refractivity contribution in [2.24, 2.45) is 17.6 Å². The molecule has 0 saturated heterocycles. The number of carboxylic acid groups (broad SMARTS) is 1. The molecule has 2 unspecified atom stereocenters. The average Bonchev–Trinajstić information content (AvgIpc) is 2.97. The van der Waals surface area contributed by atoms with Gasteiger partial charge in [0.25, 0.3) is 0 Å². The smallest absolute Gasteiger partial charge is 0.323 e. The van der Waals surface area contributed by atoms with Crippen molar-refractivity contribution < 1.29 is 9.90 Å². The summed E-state index contributed by atoms with van der Waals surface area (Å²) >= 11 is 0. The van der Waals surface area contributed by atoms with Gasteiger partial charge in [0.05, 0.1) is 0 Å². The van der Waals surface area contributed by atoms with Crippen molar-refractivity contribution in [2.75, 3.05) is 20.1 Å². The summed E-state index contributed by atoms with van der Waals surface area (Å²) in [7, 11) is 2.16. The largest absolute Gasteiger partial charge is 0.480 e. The molecule has 4 heteroatoms. The molecule has 2 aliphatic carbocycles. The second-order valence-electron chi connectivity index (χ2n) is 6.64. The van der Waals surface area contributed by atoms with Crippen LogP contribution in [0.5, 0.6) is 0 Å². The molecule has 0 aliphatic heterocycles. The molecule has 0 spiro atoms. The van der Waals surface area contributed by atoms with Crippen LogP contribution in [-0.4, -0.2) is 41.7 Å². The summed E-state index contributed by atoms with van der Waals surface area (Å²) in [6, 6.07) is 0. The van der Waals surface area contributed by atoms with E-state index in [1.807, 2.05) is 0 Å². The Bertz CT molecular complexity index is 315. The van der Waals surface area contributed by atoms with Gasteiger partial charge in [0.2, 0.25) is 0 Å². The first-order chi connectivity index (χ1) is 9.02. The van der Waals surface area contributed by atoms with Gasteiger partial charge in [-0.25, -0.2) is 0 Å². The number of hydrogen-bond donors (Lipinski definition) is 2. The van der Waals surface area contributed by atoms with Gasteiger partial charge >= 0.3 is 5.97 Å². The van der Waals surface area contributed by atoms with Crippen molar-refractivity contribution in [1.82, 2.24) is 4.90 Å². The Hall–Kier alpha value is -0.610. The summed E-state index contributed by atoms with van der Waals surface area (Å²) in [6.45, 7) is 2.14. The SMILES string of the molecule is CN(CCC1CCCC1(N)C(=O)O)CC1CCCC1. The van der Waals surface area contributed by atoms with Crippen LogP contribution in [0.15, 0.2) is 0 Å². The fourth-order valence-electron chi connectivity index (χ4n) is 3.89. The van der Waals surface area contributed by atoms with E-state index >= 15 is 0 Å². The molecule has 110 valence electrons. The molecule has 0 bridgehead atoms. The van der Waals surface area contributed by atoms with E-state index in [0.717, 1.165) is 38.3 Å². The molecule has 0 amide bonds. The Morgan fingerprint density at radius 3 is 2.63 bits per heavy atom. The lowest BCUT2D eigenvalue weighted by Gasteiger charge is -2.29. The first kappa shape index (κ1) is 14.8. The number of nitrogens with two attached hydrogens (primary N) is 1. The number of aliphatic carboxylic acids is 1. The molecule has 2 fully saturated rings. The van der Waals surface area contributed by atoms with Crippen molar-refractivity contribution >= 4 is 5.97 Å². The fraction of sp³-hybridized carbons (Fsp3) is 0.933. The molecule has 0 aromatic rings. The molecule has 2 aliphatic rings. The summed E-state index contributed by atoms with van der Waals surface area (Å²) in [6.07, 6.45) is 8.98. The van der Waals surface area contributed by atoms with Gasteiger partial charge in [-0.15, -0.1) is 0 Å². The van der Waals surface area contributed by atoms with Gasteiger partial charge in [0.15, 0.2) is 0 Å². The van der Waals surface area contributed by atoms with Gasteiger partial charge in [-0.1, -0.05) is 19.3 Å². The van der Waals surface area contributed by atoms with Gasteiger partial charge in [-0.3, -0.25) is 4.79 Å². The third-order valence-electron chi connectivity index (χ3n) is 5.17. The van der Waals surface area contributed by atoms with E-state index in [9.17, 15) is 9.90 Å². The van der Waals surface area contributed by atoms with Crippen LogP contribution in [0.25, 0.3) is 0 Å². The zero-order valence-electron chi connectivity index (χ0n) is 12.1. The van der Waals surface area contributed by atoms with Gasteiger partial charge < -0.3 is 15.7 Å². The standard InChI is InChI=1S/C15H28N2O2/c1-17(11-12-5-2-3-6-12)10-8-13-7-4-9-15(13,16)14(18)19/h12-13H,2-11,16H2,1H3,(H,18,19).